The maximum atomic E-state index is 10.0. The predicted molar refractivity (Wildman–Crippen MR) is 38.9 cm³/mol. The largest absolute Gasteiger partial charge is 0.355 e. The molecule has 1 fully saturated rings. The Labute approximate surface area is 64.0 Å². The molecule has 0 aromatic carbocycles. The highest BCUT2D eigenvalue weighted by Crippen LogP contribution is 2.38. The summed E-state index contributed by atoms with van der Waals surface area (Å²) < 4.78 is 0. The standard InChI is InChI=1S/C7H9N3O/c11-4-10-6-1-5(6)7-2-8-3-9-7/h2-6H,1H2,(H,8,9)(H,10,11). The average molecular weight is 151 g/mol. The summed E-state index contributed by atoms with van der Waals surface area (Å²) in [6.07, 6.45) is 5.24. The molecule has 0 saturated heterocycles. The van der Waals surface area contributed by atoms with E-state index in [-0.39, 0.29) is 0 Å². The van der Waals surface area contributed by atoms with Crippen LogP contribution >= 0.6 is 0 Å². The van der Waals surface area contributed by atoms with Crippen LogP contribution in [0.5, 0.6) is 0 Å². The Kier molecular flexibility index (Phi) is 1.38. The maximum absolute atomic E-state index is 10.0. The molecular formula is C7H9N3O. The molecule has 4 nitrogen and oxygen atoms in total. The number of aromatic amines is 1. The van der Waals surface area contributed by atoms with Crippen LogP contribution in [0.15, 0.2) is 12.5 Å². The number of hydrogen-bond donors (Lipinski definition) is 2. The summed E-state index contributed by atoms with van der Waals surface area (Å²) in [5.74, 6) is 0.461. The van der Waals surface area contributed by atoms with E-state index >= 15 is 0 Å². The molecule has 1 aromatic rings. The van der Waals surface area contributed by atoms with E-state index in [1.807, 2.05) is 0 Å². The second-order valence-electron chi connectivity index (χ2n) is 2.74. The topological polar surface area (TPSA) is 57.8 Å². The van der Waals surface area contributed by atoms with Gasteiger partial charge in [0.1, 0.15) is 0 Å². The number of rotatable bonds is 3. The summed E-state index contributed by atoms with van der Waals surface area (Å²) in [6.45, 7) is 0. The SMILES string of the molecule is O=CNC1CC1c1cnc[nH]1. The molecule has 0 radical (unpaired) electrons. The molecule has 1 aromatic heterocycles. The van der Waals surface area contributed by atoms with E-state index in [0.29, 0.717) is 12.0 Å². The number of aromatic nitrogens is 2. The van der Waals surface area contributed by atoms with Crippen molar-refractivity contribution in [3.63, 3.8) is 0 Å². The van der Waals surface area contributed by atoms with Gasteiger partial charge >= 0.3 is 0 Å². The third-order valence-corrected chi connectivity index (χ3v) is 1.99. The fourth-order valence-corrected chi connectivity index (χ4v) is 1.28. The van der Waals surface area contributed by atoms with Crippen molar-refractivity contribution in [3.05, 3.63) is 18.2 Å². The molecule has 0 bridgehead atoms. The van der Waals surface area contributed by atoms with Crippen molar-refractivity contribution in [1.29, 1.82) is 0 Å². The normalized spacial score (nSPS) is 28.0. The van der Waals surface area contributed by atoms with E-state index in [9.17, 15) is 4.79 Å². The van der Waals surface area contributed by atoms with E-state index in [2.05, 4.69) is 15.3 Å². The molecule has 1 aliphatic carbocycles. The molecule has 2 unspecified atom stereocenters. The fourth-order valence-electron chi connectivity index (χ4n) is 1.28. The minimum Gasteiger partial charge on any atom is -0.355 e. The lowest BCUT2D eigenvalue weighted by Crippen LogP contribution is -2.14. The Balaban J connectivity index is 1.97. The van der Waals surface area contributed by atoms with E-state index in [1.165, 1.54) is 0 Å². The van der Waals surface area contributed by atoms with Gasteiger partial charge < -0.3 is 10.3 Å². The summed E-state index contributed by atoms with van der Waals surface area (Å²) in [4.78, 5) is 17.0. The van der Waals surface area contributed by atoms with Crippen LogP contribution < -0.4 is 5.32 Å². The fraction of sp³-hybridized carbons (Fsp3) is 0.429. The molecule has 1 heterocycles. The Bertz CT molecular complexity index is 244. The molecule has 2 rings (SSSR count). The summed E-state index contributed by atoms with van der Waals surface area (Å²) in [5.41, 5.74) is 1.12. The van der Waals surface area contributed by atoms with Gasteiger partial charge in [0.25, 0.3) is 0 Å². The van der Waals surface area contributed by atoms with Gasteiger partial charge in [-0.25, -0.2) is 4.98 Å². The zero-order valence-electron chi connectivity index (χ0n) is 5.95. The molecule has 1 amide bonds. The number of imidazole rings is 1. The highest BCUT2D eigenvalue weighted by atomic mass is 16.1. The lowest BCUT2D eigenvalue weighted by molar-refractivity contribution is -0.109. The van der Waals surface area contributed by atoms with Gasteiger partial charge in [-0.1, -0.05) is 0 Å². The van der Waals surface area contributed by atoms with Crippen molar-refractivity contribution in [3.8, 4) is 0 Å². The van der Waals surface area contributed by atoms with E-state index in [1.54, 1.807) is 12.5 Å². The first kappa shape index (κ1) is 6.39. The summed E-state index contributed by atoms with van der Waals surface area (Å²) in [7, 11) is 0. The molecular weight excluding hydrogens is 142 g/mol. The minimum atomic E-state index is 0.327. The number of H-pyrrole nitrogens is 1. The monoisotopic (exact) mass is 151 g/mol. The Morgan fingerprint density at radius 3 is 3.36 bits per heavy atom. The Morgan fingerprint density at radius 1 is 1.82 bits per heavy atom. The molecule has 4 heteroatoms. The van der Waals surface area contributed by atoms with Crippen molar-refractivity contribution in [1.82, 2.24) is 15.3 Å². The molecule has 1 saturated carbocycles. The number of carbonyl (C=O) groups excluding carboxylic acids is 1. The number of hydrogen-bond acceptors (Lipinski definition) is 2. The average Bonchev–Trinajstić information content (AvgIpc) is 2.61. The van der Waals surface area contributed by atoms with Crippen LogP contribution in [0.1, 0.15) is 18.0 Å². The molecule has 0 aliphatic heterocycles. The van der Waals surface area contributed by atoms with Crippen LogP contribution in [-0.2, 0) is 4.79 Å². The Hall–Kier alpha value is -1.32. The summed E-state index contributed by atoms with van der Waals surface area (Å²) in [5, 5.41) is 2.73. The lowest BCUT2D eigenvalue weighted by atomic mass is 10.3. The van der Waals surface area contributed by atoms with Crippen LogP contribution in [-0.4, -0.2) is 22.4 Å². The zero-order chi connectivity index (χ0) is 7.68. The van der Waals surface area contributed by atoms with Gasteiger partial charge in [0, 0.05) is 23.9 Å². The second kappa shape index (κ2) is 2.38. The Morgan fingerprint density at radius 2 is 2.73 bits per heavy atom. The van der Waals surface area contributed by atoms with Crippen molar-refractivity contribution in [2.45, 2.75) is 18.4 Å². The lowest BCUT2D eigenvalue weighted by Gasteiger charge is -1.92. The van der Waals surface area contributed by atoms with Gasteiger partial charge in [-0.15, -0.1) is 0 Å². The smallest absolute Gasteiger partial charge is 0.207 e. The van der Waals surface area contributed by atoms with Gasteiger partial charge in [0.05, 0.1) is 6.33 Å². The molecule has 58 valence electrons. The molecule has 2 N–H and O–H groups in total. The maximum Gasteiger partial charge on any atom is 0.207 e. The van der Waals surface area contributed by atoms with Crippen molar-refractivity contribution in [2.24, 2.45) is 0 Å². The molecule has 1 aliphatic rings. The minimum absolute atomic E-state index is 0.327. The van der Waals surface area contributed by atoms with Crippen molar-refractivity contribution in [2.75, 3.05) is 0 Å². The van der Waals surface area contributed by atoms with E-state index < -0.39 is 0 Å². The van der Waals surface area contributed by atoms with Crippen LogP contribution in [0.3, 0.4) is 0 Å². The van der Waals surface area contributed by atoms with Gasteiger partial charge in [0.15, 0.2) is 0 Å². The third-order valence-electron chi connectivity index (χ3n) is 1.99. The summed E-state index contributed by atoms with van der Waals surface area (Å²) >= 11 is 0. The van der Waals surface area contributed by atoms with Crippen LogP contribution in [0.2, 0.25) is 0 Å². The first-order valence-electron chi connectivity index (χ1n) is 3.60. The molecule has 0 spiro atoms. The first-order valence-corrected chi connectivity index (χ1v) is 3.60. The zero-order valence-corrected chi connectivity index (χ0v) is 5.95. The quantitative estimate of drug-likeness (QED) is 0.598. The van der Waals surface area contributed by atoms with Crippen LogP contribution in [0.25, 0.3) is 0 Å². The van der Waals surface area contributed by atoms with Gasteiger partial charge in [-0.3, -0.25) is 4.79 Å². The first-order chi connectivity index (χ1) is 5.42. The highest BCUT2D eigenvalue weighted by molar-refractivity contribution is 5.48. The van der Waals surface area contributed by atoms with Gasteiger partial charge in [-0.05, 0) is 6.42 Å². The van der Waals surface area contributed by atoms with E-state index in [0.717, 1.165) is 18.5 Å². The van der Waals surface area contributed by atoms with Gasteiger partial charge in [-0.2, -0.15) is 0 Å². The van der Waals surface area contributed by atoms with E-state index in [4.69, 9.17) is 0 Å². The summed E-state index contributed by atoms with van der Waals surface area (Å²) in [6, 6.07) is 0.327. The number of amides is 1. The van der Waals surface area contributed by atoms with Crippen molar-refractivity contribution < 1.29 is 4.79 Å². The molecule has 11 heavy (non-hydrogen) atoms. The number of nitrogens with zero attached hydrogens (tertiary/aromatic N) is 1. The third kappa shape index (κ3) is 1.11. The molecule has 2 atom stereocenters. The van der Waals surface area contributed by atoms with Crippen LogP contribution in [0.4, 0.5) is 0 Å². The van der Waals surface area contributed by atoms with Crippen LogP contribution in [0, 0.1) is 0 Å². The van der Waals surface area contributed by atoms with Crippen molar-refractivity contribution >= 4 is 6.41 Å². The van der Waals surface area contributed by atoms with Gasteiger partial charge in [0.2, 0.25) is 6.41 Å². The number of carbonyl (C=O) groups is 1. The number of nitrogens with one attached hydrogen (secondary N) is 2. The highest BCUT2D eigenvalue weighted by Gasteiger charge is 2.38. The predicted octanol–water partition coefficient (Wildman–Crippen LogP) is 0.0116. The second-order valence-corrected chi connectivity index (χ2v) is 2.74.